The van der Waals surface area contributed by atoms with Crippen molar-refractivity contribution >= 4 is 17.9 Å². The fourth-order valence-electron chi connectivity index (χ4n) is 7.48. The molecule has 0 fully saturated rings. The predicted molar refractivity (Wildman–Crippen MR) is 288 cm³/mol. The van der Waals surface area contributed by atoms with E-state index in [1.54, 1.807) is 0 Å². The van der Waals surface area contributed by atoms with Crippen LogP contribution in [0, 0.1) is 0 Å². The number of esters is 3. The molecule has 0 unspecified atom stereocenters. The molecule has 67 heavy (non-hydrogen) atoms. The first-order valence-corrected chi connectivity index (χ1v) is 27.7. The summed E-state index contributed by atoms with van der Waals surface area (Å²) in [6, 6.07) is 0. The summed E-state index contributed by atoms with van der Waals surface area (Å²) in [7, 11) is 0. The summed E-state index contributed by atoms with van der Waals surface area (Å²) in [5, 5.41) is 0. The van der Waals surface area contributed by atoms with E-state index < -0.39 is 6.10 Å². The minimum absolute atomic E-state index is 0.103. The second-order valence-electron chi connectivity index (χ2n) is 18.1. The zero-order chi connectivity index (χ0) is 48.6. The third kappa shape index (κ3) is 53.2. The molecular weight excluding hydrogens is 829 g/mol. The largest absolute Gasteiger partial charge is 0.462 e. The molecule has 0 aromatic heterocycles. The third-order valence-corrected chi connectivity index (χ3v) is 11.6. The molecule has 0 rings (SSSR count). The molecule has 0 aliphatic heterocycles. The molecule has 0 aromatic carbocycles. The molecule has 0 aliphatic carbocycles. The van der Waals surface area contributed by atoms with Gasteiger partial charge in [-0.15, -0.1) is 0 Å². The van der Waals surface area contributed by atoms with E-state index >= 15 is 0 Å². The molecule has 0 aliphatic rings. The Kier molecular flexibility index (Phi) is 51.9. The summed E-state index contributed by atoms with van der Waals surface area (Å²) in [4.78, 5) is 38.1. The Labute approximate surface area is 413 Å². The fourth-order valence-corrected chi connectivity index (χ4v) is 7.48. The normalized spacial score (nSPS) is 12.8. The Balaban J connectivity index is 4.48. The molecule has 0 amide bonds. The van der Waals surface area contributed by atoms with Crippen molar-refractivity contribution in [2.75, 3.05) is 13.2 Å². The number of ether oxygens (including phenoxy) is 3. The average Bonchev–Trinajstić information content (AvgIpc) is 3.33. The predicted octanol–water partition coefficient (Wildman–Crippen LogP) is 18.5. The number of carbonyl (C=O) groups is 3. The highest BCUT2D eigenvalue weighted by Crippen LogP contribution is 2.15. The first-order valence-electron chi connectivity index (χ1n) is 27.7. The highest BCUT2D eigenvalue weighted by molar-refractivity contribution is 5.71. The molecule has 0 saturated carbocycles. The summed E-state index contributed by atoms with van der Waals surface area (Å²) in [5.41, 5.74) is 0. The van der Waals surface area contributed by atoms with Gasteiger partial charge in [0.25, 0.3) is 0 Å². The number of carbonyl (C=O) groups excluding carboxylic acids is 3. The zero-order valence-electron chi connectivity index (χ0n) is 43.6. The smallest absolute Gasteiger partial charge is 0.306 e. The quantitative estimate of drug-likeness (QED) is 0.0262. The molecule has 6 heteroatoms. The van der Waals surface area contributed by atoms with Crippen molar-refractivity contribution in [2.24, 2.45) is 0 Å². The SMILES string of the molecule is CC/C=C\C/C=C\C/C=C\C/C=C\CCCCCCC(=O)OC[C@H](COC(=O)CCCC/C=C\C/C=C\C/C=C\C/C=C\CC)OC(=O)CCCCCCCCCCCCCCCCCCC. The van der Waals surface area contributed by atoms with Crippen LogP contribution in [0.3, 0.4) is 0 Å². The minimum Gasteiger partial charge on any atom is -0.462 e. The lowest BCUT2D eigenvalue weighted by Crippen LogP contribution is -2.30. The molecule has 0 spiro atoms. The molecule has 0 N–H and O–H groups in total. The second-order valence-corrected chi connectivity index (χ2v) is 18.1. The van der Waals surface area contributed by atoms with Crippen molar-refractivity contribution < 1.29 is 28.6 Å². The Morgan fingerprint density at radius 3 is 0.940 bits per heavy atom. The lowest BCUT2D eigenvalue weighted by molar-refractivity contribution is -0.167. The van der Waals surface area contributed by atoms with Gasteiger partial charge in [-0.25, -0.2) is 0 Å². The Hall–Kier alpha value is -3.67. The Bertz CT molecular complexity index is 1350. The summed E-state index contributed by atoms with van der Waals surface area (Å²) in [5.74, 6) is -0.962. The van der Waals surface area contributed by atoms with Crippen molar-refractivity contribution in [3.8, 4) is 0 Å². The van der Waals surface area contributed by atoms with Gasteiger partial charge in [-0.3, -0.25) is 14.4 Å². The summed E-state index contributed by atoms with van der Waals surface area (Å²) >= 11 is 0. The van der Waals surface area contributed by atoms with Gasteiger partial charge >= 0.3 is 17.9 Å². The standard InChI is InChI=1S/C61H102O6/c1-4-7-10-13-16-19-22-25-28-30-33-36-39-42-45-48-51-54-60(63)66-57-58(56-65-59(62)53-50-47-44-41-38-35-32-27-24-21-18-15-12-9-6-3)67-61(64)55-52-49-46-43-40-37-34-31-29-26-23-20-17-14-11-8-5-2/h7,9-10,12,16,18-19,21,25,27-28,32-33,36,38,41,58H,4-6,8,11,13-15,17,20,22-24,26,29-31,34-35,37,39-40,42-57H2,1-3H3/b10-7-,12-9-,19-16-,21-18-,28-25-,32-27-,36-33-,41-38-/t58-/m0/s1. The highest BCUT2D eigenvalue weighted by Gasteiger charge is 2.19. The fraction of sp³-hybridized carbons (Fsp3) is 0.689. The third-order valence-electron chi connectivity index (χ3n) is 11.6. The van der Waals surface area contributed by atoms with Crippen LogP contribution in [-0.2, 0) is 28.6 Å². The van der Waals surface area contributed by atoms with E-state index in [0.717, 1.165) is 122 Å². The highest BCUT2D eigenvalue weighted by atomic mass is 16.6. The molecular formula is C61H102O6. The van der Waals surface area contributed by atoms with Gasteiger partial charge in [-0.05, 0) is 96.3 Å². The van der Waals surface area contributed by atoms with Crippen LogP contribution in [0.25, 0.3) is 0 Å². The number of hydrogen-bond acceptors (Lipinski definition) is 6. The average molecular weight is 931 g/mol. The molecule has 382 valence electrons. The van der Waals surface area contributed by atoms with Crippen LogP contribution in [0.15, 0.2) is 97.2 Å². The Morgan fingerprint density at radius 1 is 0.313 bits per heavy atom. The first kappa shape index (κ1) is 63.3. The van der Waals surface area contributed by atoms with Crippen molar-refractivity contribution in [3.63, 3.8) is 0 Å². The molecule has 0 saturated heterocycles. The molecule has 0 bridgehead atoms. The number of rotatable bonds is 49. The molecule has 0 heterocycles. The second kappa shape index (κ2) is 54.9. The number of allylic oxidation sites excluding steroid dienone is 16. The van der Waals surface area contributed by atoms with E-state index in [0.29, 0.717) is 19.3 Å². The molecule has 6 nitrogen and oxygen atoms in total. The minimum atomic E-state index is -0.804. The lowest BCUT2D eigenvalue weighted by Gasteiger charge is -2.18. The van der Waals surface area contributed by atoms with E-state index in [1.807, 2.05) is 0 Å². The number of unbranched alkanes of at least 4 members (excludes halogenated alkanes) is 22. The molecule has 1 atom stereocenters. The zero-order valence-corrected chi connectivity index (χ0v) is 43.6. The van der Waals surface area contributed by atoms with Gasteiger partial charge < -0.3 is 14.2 Å². The Morgan fingerprint density at radius 2 is 0.582 bits per heavy atom. The van der Waals surface area contributed by atoms with E-state index in [-0.39, 0.29) is 31.1 Å². The van der Waals surface area contributed by atoms with E-state index in [1.165, 1.54) is 89.9 Å². The summed E-state index contributed by atoms with van der Waals surface area (Å²) in [6.07, 6.45) is 72.5. The topological polar surface area (TPSA) is 78.9 Å². The van der Waals surface area contributed by atoms with Crippen LogP contribution in [0.2, 0.25) is 0 Å². The van der Waals surface area contributed by atoms with Gasteiger partial charge in [0.15, 0.2) is 6.10 Å². The van der Waals surface area contributed by atoms with E-state index in [9.17, 15) is 14.4 Å². The van der Waals surface area contributed by atoms with Crippen LogP contribution in [0.5, 0.6) is 0 Å². The maximum absolute atomic E-state index is 12.8. The van der Waals surface area contributed by atoms with Gasteiger partial charge in [0, 0.05) is 19.3 Å². The van der Waals surface area contributed by atoms with Crippen molar-refractivity contribution in [2.45, 2.75) is 258 Å². The maximum Gasteiger partial charge on any atom is 0.306 e. The van der Waals surface area contributed by atoms with Gasteiger partial charge in [-0.1, -0.05) is 234 Å². The van der Waals surface area contributed by atoms with Gasteiger partial charge in [-0.2, -0.15) is 0 Å². The lowest BCUT2D eigenvalue weighted by atomic mass is 10.0. The van der Waals surface area contributed by atoms with Crippen LogP contribution >= 0.6 is 0 Å². The van der Waals surface area contributed by atoms with Gasteiger partial charge in [0.2, 0.25) is 0 Å². The van der Waals surface area contributed by atoms with Gasteiger partial charge in [0.05, 0.1) is 0 Å². The van der Waals surface area contributed by atoms with Crippen LogP contribution < -0.4 is 0 Å². The van der Waals surface area contributed by atoms with Crippen LogP contribution in [0.1, 0.15) is 252 Å². The number of hydrogen-bond donors (Lipinski definition) is 0. The van der Waals surface area contributed by atoms with E-state index in [2.05, 4.69) is 118 Å². The van der Waals surface area contributed by atoms with E-state index in [4.69, 9.17) is 14.2 Å². The monoisotopic (exact) mass is 931 g/mol. The molecule has 0 aromatic rings. The van der Waals surface area contributed by atoms with Crippen LogP contribution in [-0.4, -0.2) is 37.2 Å². The summed E-state index contributed by atoms with van der Waals surface area (Å²) in [6.45, 7) is 6.36. The van der Waals surface area contributed by atoms with Crippen molar-refractivity contribution in [1.82, 2.24) is 0 Å². The van der Waals surface area contributed by atoms with Crippen LogP contribution in [0.4, 0.5) is 0 Å². The summed E-state index contributed by atoms with van der Waals surface area (Å²) < 4.78 is 16.8. The van der Waals surface area contributed by atoms with Gasteiger partial charge in [0.1, 0.15) is 13.2 Å². The first-order chi connectivity index (χ1) is 33.0. The van der Waals surface area contributed by atoms with Crippen molar-refractivity contribution in [1.29, 1.82) is 0 Å². The van der Waals surface area contributed by atoms with Crippen molar-refractivity contribution in [3.05, 3.63) is 97.2 Å². The molecule has 0 radical (unpaired) electrons. The maximum atomic E-state index is 12.8.